The monoisotopic (exact) mass is 357 g/mol. The Kier molecular flexibility index (Phi) is 4.87. The summed E-state index contributed by atoms with van der Waals surface area (Å²) in [5.41, 5.74) is 4.46. The molecule has 134 valence electrons. The van der Waals surface area contributed by atoms with E-state index < -0.39 is 0 Å². The van der Waals surface area contributed by atoms with E-state index in [-0.39, 0.29) is 0 Å². The van der Waals surface area contributed by atoms with Crippen molar-refractivity contribution in [1.82, 2.24) is 20.1 Å². The standard InChI is InChI=1S/C21H19N5O/c1-15-19(20(27-26-15)16-7-3-2-4-8-16)18-11-14-24-21(25-18)23-13-10-17-9-5-6-12-22-17/h2-9,11-12,14H,10,13H2,1H3,(H,23,24,25). The highest BCUT2D eigenvalue weighted by Crippen LogP contribution is 2.33. The van der Waals surface area contributed by atoms with Crippen molar-refractivity contribution in [2.24, 2.45) is 0 Å². The van der Waals surface area contributed by atoms with Crippen molar-refractivity contribution in [2.75, 3.05) is 11.9 Å². The fourth-order valence-corrected chi connectivity index (χ4v) is 2.89. The number of hydrogen-bond acceptors (Lipinski definition) is 6. The molecule has 0 unspecified atom stereocenters. The van der Waals surface area contributed by atoms with Gasteiger partial charge in [0.15, 0.2) is 5.76 Å². The van der Waals surface area contributed by atoms with E-state index in [0.29, 0.717) is 18.3 Å². The van der Waals surface area contributed by atoms with Crippen LogP contribution in [-0.2, 0) is 6.42 Å². The Hall–Kier alpha value is -3.54. The molecule has 1 N–H and O–H groups in total. The number of anilines is 1. The number of nitrogens with zero attached hydrogens (tertiary/aromatic N) is 4. The van der Waals surface area contributed by atoms with Crippen LogP contribution in [0.15, 0.2) is 71.5 Å². The lowest BCUT2D eigenvalue weighted by atomic mass is 10.0. The molecule has 0 aliphatic carbocycles. The fourth-order valence-electron chi connectivity index (χ4n) is 2.89. The molecule has 0 radical (unpaired) electrons. The van der Waals surface area contributed by atoms with Gasteiger partial charge in [0.1, 0.15) is 0 Å². The van der Waals surface area contributed by atoms with E-state index in [4.69, 9.17) is 4.52 Å². The zero-order valence-electron chi connectivity index (χ0n) is 15.0. The third-order valence-electron chi connectivity index (χ3n) is 4.20. The Labute approximate surface area is 157 Å². The van der Waals surface area contributed by atoms with E-state index in [1.54, 1.807) is 12.4 Å². The van der Waals surface area contributed by atoms with Crippen LogP contribution in [0.1, 0.15) is 11.4 Å². The molecular formula is C21H19N5O. The summed E-state index contributed by atoms with van der Waals surface area (Å²) in [5.74, 6) is 1.29. The van der Waals surface area contributed by atoms with Gasteiger partial charge in [-0.25, -0.2) is 9.97 Å². The average Bonchev–Trinajstić information content (AvgIpc) is 3.11. The SMILES string of the molecule is Cc1noc(-c2ccccc2)c1-c1ccnc(NCCc2ccccn2)n1. The second-order valence-corrected chi connectivity index (χ2v) is 6.10. The Balaban J connectivity index is 1.56. The van der Waals surface area contributed by atoms with Crippen molar-refractivity contribution in [3.8, 4) is 22.6 Å². The van der Waals surface area contributed by atoms with Gasteiger partial charge < -0.3 is 9.84 Å². The second-order valence-electron chi connectivity index (χ2n) is 6.10. The molecule has 0 aliphatic rings. The third-order valence-corrected chi connectivity index (χ3v) is 4.20. The van der Waals surface area contributed by atoms with E-state index in [2.05, 4.69) is 25.4 Å². The van der Waals surface area contributed by atoms with Gasteiger partial charge >= 0.3 is 0 Å². The first kappa shape index (κ1) is 16.9. The summed E-state index contributed by atoms with van der Waals surface area (Å²) >= 11 is 0. The van der Waals surface area contributed by atoms with Gasteiger partial charge in [-0.05, 0) is 25.1 Å². The van der Waals surface area contributed by atoms with Gasteiger partial charge in [-0.15, -0.1) is 0 Å². The minimum Gasteiger partial charge on any atom is -0.355 e. The van der Waals surface area contributed by atoms with Crippen LogP contribution in [0.3, 0.4) is 0 Å². The van der Waals surface area contributed by atoms with E-state index in [1.165, 1.54) is 0 Å². The van der Waals surface area contributed by atoms with Crippen LogP contribution >= 0.6 is 0 Å². The minimum atomic E-state index is 0.572. The Morgan fingerprint density at radius 1 is 0.926 bits per heavy atom. The zero-order chi connectivity index (χ0) is 18.5. The van der Waals surface area contributed by atoms with Crippen LogP contribution in [0.5, 0.6) is 0 Å². The molecule has 3 heterocycles. The lowest BCUT2D eigenvalue weighted by Crippen LogP contribution is -2.09. The quantitative estimate of drug-likeness (QED) is 0.558. The molecule has 0 aliphatic heterocycles. The lowest BCUT2D eigenvalue weighted by Gasteiger charge is -2.07. The third kappa shape index (κ3) is 3.84. The molecule has 4 aromatic rings. The predicted octanol–water partition coefficient (Wildman–Crippen LogP) is 4.16. The molecule has 0 fully saturated rings. The maximum Gasteiger partial charge on any atom is 0.223 e. The summed E-state index contributed by atoms with van der Waals surface area (Å²) in [6.07, 6.45) is 4.34. The molecule has 4 rings (SSSR count). The summed E-state index contributed by atoms with van der Waals surface area (Å²) in [6.45, 7) is 2.62. The molecule has 0 saturated heterocycles. The number of rotatable bonds is 6. The number of aromatic nitrogens is 4. The van der Waals surface area contributed by atoms with Crippen LogP contribution in [-0.4, -0.2) is 26.7 Å². The first-order chi connectivity index (χ1) is 13.3. The molecule has 0 bridgehead atoms. The first-order valence-electron chi connectivity index (χ1n) is 8.80. The number of hydrogen-bond donors (Lipinski definition) is 1. The number of nitrogens with one attached hydrogen (secondary N) is 1. The van der Waals surface area contributed by atoms with Gasteiger partial charge in [0.05, 0.1) is 17.0 Å². The van der Waals surface area contributed by atoms with Crippen LogP contribution in [0, 0.1) is 6.92 Å². The Morgan fingerprint density at radius 3 is 2.59 bits per heavy atom. The molecule has 1 aromatic carbocycles. The summed E-state index contributed by atoms with van der Waals surface area (Å²) in [5, 5.41) is 7.40. The number of pyridine rings is 1. The van der Waals surface area contributed by atoms with Crippen LogP contribution < -0.4 is 5.32 Å². The van der Waals surface area contributed by atoms with Crippen LogP contribution in [0.4, 0.5) is 5.95 Å². The summed E-state index contributed by atoms with van der Waals surface area (Å²) in [6, 6.07) is 17.7. The number of aryl methyl sites for hydroxylation is 1. The fraction of sp³-hybridized carbons (Fsp3) is 0.143. The lowest BCUT2D eigenvalue weighted by molar-refractivity contribution is 0.427. The zero-order valence-corrected chi connectivity index (χ0v) is 15.0. The minimum absolute atomic E-state index is 0.572. The van der Waals surface area contributed by atoms with E-state index in [0.717, 1.165) is 34.6 Å². The van der Waals surface area contributed by atoms with Gasteiger partial charge in [0.25, 0.3) is 0 Å². The largest absolute Gasteiger partial charge is 0.355 e. The van der Waals surface area contributed by atoms with Crippen molar-refractivity contribution in [2.45, 2.75) is 13.3 Å². The van der Waals surface area contributed by atoms with Crippen molar-refractivity contribution in [1.29, 1.82) is 0 Å². The van der Waals surface area contributed by atoms with Gasteiger partial charge in [-0.3, -0.25) is 4.98 Å². The van der Waals surface area contributed by atoms with E-state index in [9.17, 15) is 0 Å². The number of benzene rings is 1. The smallest absolute Gasteiger partial charge is 0.223 e. The van der Waals surface area contributed by atoms with Crippen molar-refractivity contribution in [3.63, 3.8) is 0 Å². The summed E-state index contributed by atoms with van der Waals surface area (Å²) in [7, 11) is 0. The Bertz CT molecular complexity index is 1020. The highest BCUT2D eigenvalue weighted by atomic mass is 16.5. The van der Waals surface area contributed by atoms with Gasteiger partial charge in [0, 0.05) is 36.6 Å². The van der Waals surface area contributed by atoms with Crippen molar-refractivity contribution < 1.29 is 4.52 Å². The molecule has 27 heavy (non-hydrogen) atoms. The first-order valence-corrected chi connectivity index (χ1v) is 8.80. The highest BCUT2D eigenvalue weighted by molar-refractivity contribution is 5.79. The van der Waals surface area contributed by atoms with Crippen LogP contribution in [0.25, 0.3) is 22.6 Å². The maximum absolute atomic E-state index is 5.58. The molecule has 3 aromatic heterocycles. The van der Waals surface area contributed by atoms with E-state index >= 15 is 0 Å². The molecule has 0 saturated carbocycles. The van der Waals surface area contributed by atoms with Crippen molar-refractivity contribution >= 4 is 5.95 Å². The summed E-state index contributed by atoms with van der Waals surface area (Å²) < 4.78 is 5.58. The second kappa shape index (κ2) is 7.78. The molecule has 0 atom stereocenters. The van der Waals surface area contributed by atoms with Crippen LogP contribution in [0.2, 0.25) is 0 Å². The molecule has 0 amide bonds. The maximum atomic E-state index is 5.58. The average molecular weight is 357 g/mol. The molecule has 6 nitrogen and oxygen atoms in total. The Morgan fingerprint density at radius 2 is 1.78 bits per heavy atom. The summed E-state index contributed by atoms with van der Waals surface area (Å²) in [4.78, 5) is 13.3. The van der Waals surface area contributed by atoms with Gasteiger partial charge in [-0.2, -0.15) is 0 Å². The molecular weight excluding hydrogens is 338 g/mol. The topological polar surface area (TPSA) is 76.7 Å². The van der Waals surface area contributed by atoms with Gasteiger partial charge in [-0.1, -0.05) is 41.6 Å². The highest BCUT2D eigenvalue weighted by Gasteiger charge is 2.18. The normalized spacial score (nSPS) is 10.7. The molecule has 6 heteroatoms. The van der Waals surface area contributed by atoms with E-state index in [1.807, 2.05) is 61.5 Å². The van der Waals surface area contributed by atoms with Gasteiger partial charge in [0.2, 0.25) is 5.95 Å². The molecule has 0 spiro atoms. The predicted molar refractivity (Wildman–Crippen MR) is 104 cm³/mol. The van der Waals surface area contributed by atoms with Crippen molar-refractivity contribution in [3.05, 3.63) is 78.4 Å².